The molecule has 1 aliphatic heterocycles. The van der Waals surface area contributed by atoms with Gasteiger partial charge in [-0.2, -0.15) is 0 Å². The minimum Gasteiger partial charge on any atom is -0.378 e. The molecule has 3 N–H and O–H groups in total. The number of halogens is 1. The Kier molecular flexibility index (Phi) is 7.87. The Morgan fingerprint density at radius 2 is 2.23 bits per heavy atom. The molecule has 0 aliphatic carbocycles. The van der Waals surface area contributed by atoms with Gasteiger partial charge in [0.05, 0.1) is 13.2 Å². The highest BCUT2D eigenvalue weighted by Crippen LogP contribution is 2.10. The van der Waals surface area contributed by atoms with Crippen LogP contribution in [0.5, 0.6) is 0 Å². The van der Waals surface area contributed by atoms with Gasteiger partial charge in [-0.05, 0) is 17.7 Å². The maximum absolute atomic E-state index is 11.9. The van der Waals surface area contributed by atoms with Crippen LogP contribution in [0.15, 0.2) is 24.3 Å². The quantitative estimate of drug-likeness (QED) is 0.755. The molecule has 1 unspecified atom stereocenters. The number of morpholine rings is 1. The predicted molar refractivity (Wildman–Crippen MR) is 87.1 cm³/mol. The van der Waals surface area contributed by atoms with E-state index in [4.69, 9.17) is 4.74 Å². The third-order valence-corrected chi connectivity index (χ3v) is 3.17. The molecular weight excluding hydrogens is 306 g/mol. The highest BCUT2D eigenvalue weighted by atomic mass is 35.5. The fourth-order valence-electron chi connectivity index (χ4n) is 2.21. The molecule has 122 valence electrons. The first-order chi connectivity index (χ1) is 10.1. The number of ether oxygens (including phenoxy) is 1. The van der Waals surface area contributed by atoms with E-state index in [-0.39, 0.29) is 30.3 Å². The Bertz CT molecular complexity index is 505. The van der Waals surface area contributed by atoms with Crippen LogP contribution in [0, 0.1) is 0 Å². The van der Waals surface area contributed by atoms with E-state index in [9.17, 15) is 9.59 Å². The van der Waals surface area contributed by atoms with E-state index in [1.54, 1.807) is 0 Å². The SMILES string of the molecule is CC(=O)Nc1cccc(CNC(=O)CC2COCCN2)c1.Cl. The maximum atomic E-state index is 11.9. The molecule has 1 aromatic rings. The minimum atomic E-state index is -0.112. The largest absolute Gasteiger partial charge is 0.378 e. The van der Waals surface area contributed by atoms with E-state index in [0.29, 0.717) is 26.2 Å². The highest BCUT2D eigenvalue weighted by molar-refractivity contribution is 5.88. The van der Waals surface area contributed by atoms with Crippen molar-refractivity contribution in [1.29, 1.82) is 0 Å². The molecule has 6 nitrogen and oxygen atoms in total. The zero-order chi connectivity index (χ0) is 15.1. The van der Waals surface area contributed by atoms with E-state index in [1.165, 1.54) is 6.92 Å². The van der Waals surface area contributed by atoms with Crippen molar-refractivity contribution in [3.63, 3.8) is 0 Å². The Hall–Kier alpha value is -1.63. The number of anilines is 1. The number of nitrogens with one attached hydrogen (secondary N) is 3. The first-order valence-electron chi connectivity index (χ1n) is 7.08. The Balaban J connectivity index is 0.00000242. The van der Waals surface area contributed by atoms with E-state index in [2.05, 4.69) is 16.0 Å². The van der Waals surface area contributed by atoms with Gasteiger partial charge in [-0.15, -0.1) is 12.4 Å². The number of amides is 2. The zero-order valence-electron chi connectivity index (χ0n) is 12.6. The van der Waals surface area contributed by atoms with Crippen molar-refractivity contribution in [3.05, 3.63) is 29.8 Å². The number of hydrogen-bond acceptors (Lipinski definition) is 4. The van der Waals surface area contributed by atoms with Crippen LogP contribution in [-0.2, 0) is 20.9 Å². The number of hydrogen-bond donors (Lipinski definition) is 3. The van der Waals surface area contributed by atoms with Crippen molar-refractivity contribution in [1.82, 2.24) is 10.6 Å². The molecule has 0 radical (unpaired) electrons. The minimum absolute atomic E-state index is 0. The molecule has 1 atom stereocenters. The molecule has 22 heavy (non-hydrogen) atoms. The molecule has 1 fully saturated rings. The second-order valence-corrected chi connectivity index (χ2v) is 5.09. The molecule has 2 rings (SSSR count). The van der Waals surface area contributed by atoms with E-state index in [0.717, 1.165) is 17.8 Å². The normalized spacial score (nSPS) is 17.2. The van der Waals surface area contributed by atoms with Gasteiger partial charge in [0.2, 0.25) is 11.8 Å². The zero-order valence-corrected chi connectivity index (χ0v) is 13.4. The second kappa shape index (κ2) is 9.40. The molecule has 1 heterocycles. The van der Waals surface area contributed by atoms with Crippen LogP contribution in [0.1, 0.15) is 18.9 Å². The summed E-state index contributed by atoms with van der Waals surface area (Å²) in [6.45, 7) is 3.98. The van der Waals surface area contributed by atoms with Crippen molar-refractivity contribution in [2.24, 2.45) is 0 Å². The van der Waals surface area contributed by atoms with E-state index >= 15 is 0 Å². The van der Waals surface area contributed by atoms with E-state index < -0.39 is 0 Å². The fourth-order valence-corrected chi connectivity index (χ4v) is 2.21. The molecule has 0 bridgehead atoms. The summed E-state index contributed by atoms with van der Waals surface area (Å²) in [6, 6.07) is 7.51. The van der Waals surface area contributed by atoms with E-state index in [1.807, 2.05) is 24.3 Å². The molecule has 0 aromatic heterocycles. The van der Waals surface area contributed by atoms with Gasteiger partial charge in [0.15, 0.2) is 0 Å². The molecule has 0 saturated carbocycles. The lowest BCUT2D eigenvalue weighted by Gasteiger charge is -2.23. The van der Waals surface area contributed by atoms with Crippen LogP contribution in [0.3, 0.4) is 0 Å². The summed E-state index contributed by atoms with van der Waals surface area (Å²) in [5, 5.41) is 8.85. The molecule has 1 aromatic carbocycles. The van der Waals surface area contributed by atoms with Crippen LogP contribution in [-0.4, -0.2) is 37.6 Å². The smallest absolute Gasteiger partial charge is 0.221 e. The summed E-state index contributed by atoms with van der Waals surface area (Å²) < 4.78 is 5.32. The van der Waals surface area contributed by atoms with Crippen LogP contribution in [0.4, 0.5) is 5.69 Å². The molecular formula is C15H22ClN3O3. The summed E-state index contributed by atoms with van der Waals surface area (Å²) in [4.78, 5) is 22.9. The first kappa shape index (κ1) is 18.4. The average Bonchev–Trinajstić information content (AvgIpc) is 2.46. The Morgan fingerprint density at radius 1 is 1.41 bits per heavy atom. The van der Waals surface area contributed by atoms with Crippen LogP contribution in [0.25, 0.3) is 0 Å². The summed E-state index contributed by atoms with van der Waals surface area (Å²) in [5.41, 5.74) is 1.68. The lowest BCUT2D eigenvalue weighted by Crippen LogP contribution is -2.44. The Labute approximate surface area is 136 Å². The lowest BCUT2D eigenvalue weighted by molar-refractivity contribution is -0.122. The second-order valence-electron chi connectivity index (χ2n) is 5.09. The number of carbonyl (C=O) groups excluding carboxylic acids is 2. The van der Waals surface area contributed by atoms with Gasteiger partial charge in [0.1, 0.15) is 0 Å². The van der Waals surface area contributed by atoms with Crippen LogP contribution >= 0.6 is 12.4 Å². The maximum Gasteiger partial charge on any atom is 0.221 e. The number of benzene rings is 1. The van der Waals surface area contributed by atoms with Crippen molar-refractivity contribution in [3.8, 4) is 0 Å². The lowest BCUT2D eigenvalue weighted by atomic mass is 10.1. The highest BCUT2D eigenvalue weighted by Gasteiger charge is 2.16. The Morgan fingerprint density at radius 3 is 2.91 bits per heavy atom. The van der Waals surface area contributed by atoms with Crippen molar-refractivity contribution in [2.45, 2.75) is 25.9 Å². The van der Waals surface area contributed by atoms with Crippen molar-refractivity contribution >= 4 is 29.9 Å². The molecule has 0 spiro atoms. The van der Waals surface area contributed by atoms with Gasteiger partial charge >= 0.3 is 0 Å². The van der Waals surface area contributed by atoms with Gasteiger partial charge in [0, 0.05) is 38.2 Å². The van der Waals surface area contributed by atoms with Gasteiger partial charge in [-0.3, -0.25) is 9.59 Å². The predicted octanol–water partition coefficient (Wildman–Crippen LogP) is 1.06. The number of carbonyl (C=O) groups is 2. The van der Waals surface area contributed by atoms with Crippen LogP contribution < -0.4 is 16.0 Å². The summed E-state index contributed by atoms with van der Waals surface area (Å²) in [5.74, 6) is -0.123. The first-order valence-corrected chi connectivity index (χ1v) is 7.08. The summed E-state index contributed by atoms with van der Waals surface area (Å²) in [6.07, 6.45) is 0.408. The standard InChI is InChI=1S/C15H21N3O3.ClH/c1-11(19)18-13-4-2-3-12(7-13)9-17-15(20)8-14-10-21-6-5-16-14;/h2-4,7,14,16H,5-6,8-10H2,1H3,(H,17,20)(H,18,19);1H. The number of rotatable bonds is 5. The van der Waals surface area contributed by atoms with Crippen molar-refractivity contribution < 1.29 is 14.3 Å². The van der Waals surface area contributed by atoms with Gasteiger partial charge < -0.3 is 20.7 Å². The molecule has 7 heteroatoms. The fraction of sp³-hybridized carbons (Fsp3) is 0.467. The average molecular weight is 328 g/mol. The van der Waals surface area contributed by atoms with Crippen LogP contribution in [0.2, 0.25) is 0 Å². The third kappa shape index (κ3) is 6.43. The van der Waals surface area contributed by atoms with Gasteiger partial charge in [0.25, 0.3) is 0 Å². The van der Waals surface area contributed by atoms with Gasteiger partial charge in [-0.25, -0.2) is 0 Å². The molecule has 2 amide bonds. The monoisotopic (exact) mass is 327 g/mol. The molecule has 1 saturated heterocycles. The summed E-state index contributed by atoms with van der Waals surface area (Å²) >= 11 is 0. The van der Waals surface area contributed by atoms with Gasteiger partial charge in [-0.1, -0.05) is 12.1 Å². The molecule has 1 aliphatic rings. The topological polar surface area (TPSA) is 79.5 Å². The summed E-state index contributed by atoms with van der Waals surface area (Å²) in [7, 11) is 0. The van der Waals surface area contributed by atoms with Crippen molar-refractivity contribution in [2.75, 3.05) is 25.1 Å². The third-order valence-electron chi connectivity index (χ3n) is 3.17.